The molecule has 0 radical (unpaired) electrons. The molecule has 0 aliphatic carbocycles. The van der Waals surface area contributed by atoms with Gasteiger partial charge in [-0.15, -0.1) is 5.10 Å². The van der Waals surface area contributed by atoms with Gasteiger partial charge in [0.15, 0.2) is 0 Å². The summed E-state index contributed by atoms with van der Waals surface area (Å²) >= 11 is 0. The fourth-order valence-corrected chi connectivity index (χ4v) is 3.44. The number of likely N-dealkylation sites (tertiary alicyclic amines) is 1. The van der Waals surface area contributed by atoms with Crippen molar-refractivity contribution in [1.29, 1.82) is 0 Å². The zero-order valence-corrected chi connectivity index (χ0v) is 15.2. The molecule has 0 bridgehead atoms. The second kappa shape index (κ2) is 7.22. The molecule has 1 aromatic carbocycles. The van der Waals surface area contributed by atoms with E-state index in [0.29, 0.717) is 5.82 Å². The van der Waals surface area contributed by atoms with Crippen molar-refractivity contribution in [2.75, 3.05) is 11.9 Å². The number of fused-ring (bicyclic) bond motifs is 1. The molecule has 1 N–H and O–H groups in total. The molecule has 1 fully saturated rings. The van der Waals surface area contributed by atoms with E-state index in [2.05, 4.69) is 15.4 Å². The van der Waals surface area contributed by atoms with Gasteiger partial charge >= 0.3 is 5.69 Å². The molecule has 0 spiro atoms. The molecule has 1 aliphatic rings. The Morgan fingerprint density at radius 1 is 1.22 bits per heavy atom. The smallest absolute Gasteiger partial charge is 0.340 e. The van der Waals surface area contributed by atoms with Gasteiger partial charge in [-0.3, -0.25) is 4.79 Å². The number of carbonyl (C=O) groups excluding carboxylic acids is 1. The summed E-state index contributed by atoms with van der Waals surface area (Å²) in [4.78, 5) is 31.4. The largest absolute Gasteiger partial charge is 0.352 e. The molecular formula is C19H22N6O2. The topological polar surface area (TPSA) is 84.5 Å². The highest BCUT2D eigenvalue weighted by atomic mass is 16.2. The average Bonchev–Trinajstić information content (AvgIpc) is 2.98. The van der Waals surface area contributed by atoms with E-state index in [1.165, 1.54) is 9.08 Å². The van der Waals surface area contributed by atoms with Crippen LogP contribution in [0.5, 0.6) is 0 Å². The Hall–Kier alpha value is -3.16. The molecule has 1 aliphatic heterocycles. The molecule has 140 valence electrons. The van der Waals surface area contributed by atoms with Crippen LogP contribution in [0.1, 0.15) is 26.2 Å². The number of nitrogens with one attached hydrogen (secondary N) is 1. The summed E-state index contributed by atoms with van der Waals surface area (Å²) in [6.45, 7) is 2.73. The van der Waals surface area contributed by atoms with Gasteiger partial charge in [-0.2, -0.15) is 4.98 Å². The van der Waals surface area contributed by atoms with E-state index in [1.807, 2.05) is 42.2 Å². The van der Waals surface area contributed by atoms with Crippen LogP contribution in [0.3, 0.4) is 0 Å². The predicted molar refractivity (Wildman–Crippen MR) is 102 cm³/mol. The van der Waals surface area contributed by atoms with Crippen molar-refractivity contribution < 1.29 is 4.79 Å². The number of hydrogen-bond donors (Lipinski definition) is 1. The lowest BCUT2D eigenvalue weighted by Crippen LogP contribution is -2.44. The van der Waals surface area contributed by atoms with Crippen molar-refractivity contribution in [1.82, 2.24) is 24.1 Å². The molecule has 8 heteroatoms. The van der Waals surface area contributed by atoms with Crippen molar-refractivity contribution in [2.45, 2.75) is 38.8 Å². The van der Waals surface area contributed by atoms with Gasteiger partial charge in [-0.1, -0.05) is 18.2 Å². The van der Waals surface area contributed by atoms with Gasteiger partial charge in [0.25, 0.3) is 5.78 Å². The Labute approximate surface area is 156 Å². The van der Waals surface area contributed by atoms with Crippen LogP contribution in [0, 0.1) is 0 Å². The third kappa shape index (κ3) is 3.55. The summed E-state index contributed by atoms with van der Waals surface area (Å²) in [5.41, 5.74) is 0.534. The number of para-hydroxylation sites is 1. The van der Waals surface area contributed by atoms with Crippen LogP contribution in [-0.2, 0) is 11.3 Å². The number of nitrogens with zero attached hydrogens (tertiary/aromatic N) is 5. The molecule has 0 saturated carbocycles. The lowest BCUT2D eigenvalue weighted by atomic mass is 10.0. The SMILES string of the molecule is C[C@H]1CCCCN1C(=O)Cn1nc2nc(Nc3ccccc3)ccn2c1=O. The molecule has 1 atom stereocenters. The van der Waals surface area contributed by atoms with Crippen LogP contribution in [-0.4, -0.2) is 42.6 Å². The zero-order chi connectivity index (χ0) is 18.8. The van der Waals surface area contributed by atoms with Gasteiger partial charge in [-0.05, 0) is 44.4 Å². The maximum Gasteiger partial charge on any atom is 0.352 e. The van der Waals surface area contributed by atoms with Gasteiger partial charge in [0, 0.05) is 24.5 Å². The van der Waals surface area contributed by atoms with Crippen molar-refractivity contribution in [2.24, 2.45) is 0 Å². The minimum Gasteiger partial charge on any atom is -0.340 e. The first-order valence-corrected chi connectivity index (χ1v) is 9.19. The van der Waals surface area contributed by atoms with Crippen LogP contribution >= 0.6 is 0 Å². The number of hydrogen-bond acceptors (Lipinski definition) is 5. The van der Waals surface area contributed by atoms with Crippen LogP contribution < -0.4 is 11.0 Å². The van der Waals surface area contributed by atoms with Crippen LogP contribution in [0.4, 0.5) is 11.5 Å². The van der Waals surface area contributed by atoms with E-state index in [4.69, 9.17) is 0 Å². The highest BCUT2D eigenvalue weighted by Crippen LogP contribution is 2.17. The number of carbonyl (C=O) groups is 1. The lowest BCUT2D eigenvalue weighted by Gasteiger charge is -2.33. The second-order valence-corrected chi connectivity index (χ2v) is 6.85. The van der Waals surface area contributed by atoms with Gasteiger partial charge in [0.2, 0.25) is 5.91 Å². The molecule has 1 saturated heterocycles. The highest BCUT2D eigenvalue weighted by Gasteiger charge is 2.24. The molecule has 2 aromatic heterocycles. The van der Waals surface area contributed by atoms with Crippen molar-refractivity contribution >= 4 is 23.2 Å². The van der Waals surface area contributed by atoms with E-state index in [1.54, 1.807) is 12.3 Å². The monoisotopic (exact) mass is 366 g/mol. The second-order valence-electron chi connectivity index (χ2n) is 6.85. The fraction of sp³-hybridized carbons (Fsp3) is 0.368. The van der Waals surface area contributed by atoms with Crippen LogP contribution in [0.25, 0.3) is 5.78 Å². The minimum absolute atomic E-state index is 0.0615. The zero-order valence-electron chi connectivity index (χ0n) is 15.2. The van der Waals surface area contributed by atoms with Crippen molar-refractivity contribution in [3.8, 4) is 0 Å². The van der Waals surface area contributed by atoms with Gasteiger partial charge < -0.3 is 10.2 Å². The van der Waals surface area contributed by atoms with E-state index in [0.717, 1.165) is 31.5 Å². The number of benzene rings is 1. The summed E-state index contributed by atoms with van der Waals surface area (Å²) in [7, 11) is 0. The molecule has 4 rings (SSSR count). The summed E-state index contributed by atoms with van der Waals surface area (Å²) in [6, 6.07) is 11.6. The van der Waals surface area contributed by atoms with Crippen molar-refractivity contribution in [3.05, 3.63) is 53.1 Å². The number of rotatable bonds is 4. The first-order valence-electron chi connectivity index (χ1n) is 9.19. The van der Waals surface area contributed by atoms with Gasteiger partial charge in [0.1, 0.15) is 12.4 Å². The Morgan fingerprint density at radius 2 is 2.04 bits per heavy atom. The summed E-state index contributed by atoms with van der Waals surface area (Å²) in [6.07, 6.45) is 4.77. The maximum atomic E-state index is 12.6. The molecule has 0 unspecified atom stereocenters. The van der Waals surface area contributed by atoms with Crippen LogP contribution in [0.2, 0.25) is 0 Å². The molecule has 1 amide bonds. The molecule has 3 aromatic rings. The summed E-state index contributed by atoms with van der Waals surface area (Å²) in [5.74, 6) is 0.776. The van der Waals surface area contributed by atoms with Gasteiger partial charge in [-0.25, -0.2) is 13.9 Å². The molecular weight excluding hydrogens is 344 g/mol. The lowest BCUT2D eigenvalue weighted by molar-refractivity contribution is -0.135. The maximum absolute atomic E-state index is 12.6. The number of amides is 1. The number of aromatic nitrogens is 4. The normalized spacial score (nSPS) is 17.2. The minimum atomic E-state index is -0.359. The first kappa shape index (κ1) is 17.3. The van der Waals surface area contributed by atoms with E-state index < -0.39 is 0 Å². The van der Waals surface area contributed by atoms with E-state index >= 15 is 0 Å². The van der Waals surface area contributed by atoms with Gasteiger partial charge in [0.05, 0.1) is 0 Å². The van der Waals surface area contributed by atoms with Crippen molar-refractivity contribution in [3.63, 3.8) is 0 Å². The Kier molecular flexibility index (Phi) is 4.62. The van der Waals surface area contributed by atoms with E-state index in [9.17, 15) is 9.59 Å². The Bertz CT molecular complexity index is 1010. The standard InChI is InChI=1S/C19H22N6O2/c1-14-7-5-6-11-23(14)17(26)13-25-19(27)24-12-10-16(21-18(24)22-25)20-15-8-3-2-4-9-15/h2-4,8-10,12,14H,5-7,11,13H2,1H3,(H,20,21,22)/t14-/m0/s1. The van der Waals surface area contributed by atoms with E-state index in [-0.39, 0.29) is 30.0 Å². The number of piperidine rings is 1. The number of anilines is 2. The molecule has 8 nitrogen and oxygen atoms in total. The summed E-state index contributed by atoms with van der Waals surface area (Å²) < 4.78 is 2.54. The Morgan fingerprint density at radius 3 is 2.81 bits per heavy atom. The molecule has 3 heterocycles. The Balaban J connectivity index is 1.56. The fourth-order valence-electron chi connectivity index (χ4n) is 3.44. The highest BCUT2D eigenvalue weighted by molar-refractivity contribution is 5.76. The quantitative estimate of drug-likeness (QED) is 0.764. The average molecular weight is 366 g/mol. The third-order valence-corrected chi connectivity index (χ3v) is 4.91. The van der Waals surface area contributed by atoms with Crippen LogP contribution in [0.15, 0.2) is 47.4 Å². The first-order chi connectivity index (χ1) is 13.1. The third-order valence-electron chi connectivity index (χ3n) is 4.91. The summed E-state index contributed by atoms with van der Waals surface area (Å²) in [5, 5.41) is 7.42. The molecule has 27 heavy (non-hydrogen) atoms. The predicted octanol–water partition coefficient (Wildman–Crippen LogP) is 2.04.